The van der Waals surface area contributed by atoms with Gasteiger partial charge in [-0.3, -0.25) is 4.79 Å². The molecule has 1 fully saturated rings. The number of nitrogens with zero attached hydrogens (tertiary/aromatic N) is 1. The summed E-state index contributed by atoms with van der Waals surface area (Å²) in [5.41, 5.74) is 0. The van der Waals surface area contributed by atoms with E-state index in [0.717, 1.165) is 19.3 Å². The minimum Gasteiger partial charge on any atom is -0.480 e. The van der Waals surface area contributed by atoms with Crippen LogP contribution in [0.3, 0.4) is 0 Å². The van der Waals surface area contributed by atoms with Crippen molar-refractivity contribution in [2.45, 2.75) is 44.6 Å². The van der Waals surface area contributed by atoms with Crippen LogP contribution in [0.4, 0.5) is 0 Å². The maximum atomic E-state index is 11.7. The third-order valence-electron chi connectivity index (χ3n) is 2.82. The van der Waals surface area contributed by atoms with Crippen molar-refractivity contribution in [2.75, 3.05) is 6.54 Å². The third-order valence-corrected chi connectivity index (χ3v) is 2.82. The Kier molecular flexibility index (Phi) is 4.84. The van der Waals surface area contributed by atoms with E-state index in [2.05, 4.69) is 5.92 Å². The van der Waals surface area contributed by atoms with Crippen molar-refractivity contribution >= 4 is 11.9 Å². The van der Waals surface area contributed by atoms with Gasteiger partial charge in [0.15, 0.2) is 0 Å². The van der Waals surface area contributed by atoms with Crippen molar-refractivity contribution < 1.29 is 14.7 Å². The third kappa shape index (κ3) is 3.27. The van der Waals surface area contributed by atoms with Gasteiger partial charge in [0, 0.05) is 19.4 Å². The van der Waals surface area contributed by atoms with Crippen molar-refractivity contribution in [2.24, 2.45) is 0 Å². The summed E-state index contributed by atoms with van der Waals surface area (Å²) in [6.07, 6.45) is 9.12. The molecule has 1 saturated heterocycles. The molecule has 1 heterocycles. The number of carboxylic acid groups (broad SMARTS) is 1. The molecule has 0 aromatic carbocycles. The first-order chi connectivity index (χ1) is 7.66. The molecular formula is C12H17NO3. The van der Waals surface area contributed by atoms with E-state index in [1.807, 2.05) is 0 Å². The molecule has 0 radical (unpaired) electrons. The summed E-state index contributed by atoms with van der Waals surface area (Å²) in [5, 5.41) is 8.92. The van der Waals surface area contributed by atoms with Crippen LogP contribution in [0.25, 0.3) is 0 Å². The van der Waals surface area contributed by atoms with E-state index in [-0.39, 0.29) is 5.91 Å². The number of carbonyl (C=O) groups excluding carboxylic acids is 1. The van der Waals surface area contributed by atoms with E-state index in [1.54, 1.807) is 0 Å². The molecule has 1 amide bonds. The molecule has 0 spiro atoms. The van der Waals surface area contributed by atoms with E-state index in [0.29, 0.717) is 25.8 Å². The number of likely N-dealkylation sites (tertiary alicyclic amines) is 1. The summed E-state index contributed by atoms with van der Waals surface area (Å²) in [5.74, 6) is 1.57. The number of aliphatic carboxylic acids is 1. The van der Waals surface area contributed by atoms with Crippen LogP contribution in [0.5, 0.6) is 0 Å². The normalized spacial score (nSPS) is 19.4. The summed E-state index contributed by atoms with van der Waals surface area (Å²) in [4.78, 5) is 24.1. The molecule has 4 heteroatoms. The van der Waals surface area contributed by atoms with Crippen LogP contribution in [0.2, 0.25) is 0 Å². The smallest absolute Gasteiger partial charge is 0.326 e. The fourth-order valence-corrected chi connectivity index (χ4v) is 1.97. The maximum absolute atomic E-state index is 11.7. The molecule has 1 aliphatic heterocycles. The quantitative estimate of drug-likeness (QED) is 0.564. The van der Waals surface area contributed by atoms with E-state index in [9.17, 15) is 9.59 Å². The average molecular weight is 223 g/mol. The number of unbranched alkanes of at least 4 members (excludes halogenated alkanes) is 2. The van der Waals surface area contributed by atoms with E-state index in [1.165, 1.54) is 4.90 Å². The molecule has 1 aliphatic rings. The van der Waals surface area contributed by atoms with Gasteiger partial charge in [0.1, 0.15) is 6.04 Å². The molecule has 0 saturated carbocycles. The van der Waals surface area contributed by atoms with Gasteiger partial charge in [0.25, 0.3) is 0 Å². The van der Waals surface area contributed by atoms with Gasteiger partial charge in [-0.25, -0.2) is 4.79 Å². The molecule has 0 unspecified atom stereocenters. The van der Waals surface area contributed by atoms with E-state index in [4.69, 9.17) is 11.5 Å². The van der Waals surface area contributed by atoms with Crippen LogP contribution in [-0.4, -0.2) is 34.5 Å². The second-order valence-electron chi connectivity index (χ2n) is 3.99. The summed E-state index contributed by atoms with van der Waals surface area (Å²) in [6, 6.07) is -0.611. The van der Waals surface area contributed by atoms with Crippen molar-refractivity contribution in [1.29, 1.82) is 0 Å². The van der Waals surface area contributed by atoms with Crippen LogP contribution in [0, 0.1) is 12.3 Å². The zero-order valence-corrected chi connectivity index (χ0v) is 9.32. The minimum absolute atomic E-state index is 0.0538. The molecule has 4 nitrogen and oxygen atoms in total. The Morgan fingerprint density at radius 1 is 1.44 bits per heavy atom. The Bertz CT molecular complexity index is 306. The highest BCUT2D eigenvalue weighted by molar-refractivity contribution is 5.84. The fraction of sp³-hybridized carbons (Fsp3) is 0.667. The highest BCUT2D eigenvalue weighted by atomic mass is 16.4. The fourth-order valence-electron chi connectivity index (χ4n) is 1.97. The first-order valence-corrected chi connectivity index (χ1v) is 5.62. The number of amides is 1. The number of hydrogen-bond donors (Lipinski definition) is 1. The SMILES string of the molecule is C#CCCCCC(=O)N1CCC[C@@H]1C(=O)O. The Morgan fingerprint density at radius 3 is 2.81 bits per heavy atom. The minimum atomic E-state index is -0.894. The Hall–Kier alpha value is -1.50. The average Bonchev–Trinajstić information content (AvgIpc) is 2.73. The van der Waals surface area contributed by atoms with E-state index >= 15 is 0 Å². The first kappa shape index (κ1) is 12.6. The van der Waals surface area contributed by atoms with Gasteiger partial charge in [-0.1, -0.05) is 0 Å². The number of terminal acetylenes is 1. The molecular weight excluding hydrogens is 206 g/mol. The van der Waals surface area contributed by atoms with Crippen molar-refractivity contribution in [3.63, 3.8) is 0 Å². The van der Waals surface area contributed by atoms with Gasteiger partial charge in [-0.15, -0.1) is 12.3 Å². The van der Waals surface area contributed by atoms with Gasteiger partial charge in [-0.05, 0) is 25.7 Å². The second kappa shape index (κ2) is 6.16. The number of hydrogen-bond acceptors (Lipinski definition) is 2. The lowest BCUT2D eigenvalue weighted by Gasteiger charge is -2.21. The van der Waals surface area contributed by atoms with Gasteiger partial charge in [0.05, 0.1) is 0 Å². The lowest BCUT2D eigenvalue weighted by atomic mass is 10.1. The number of carbonyl (C=O) groups is 2. The highest BCUT2D eigenvalue weighted by Gasteiger charge is 2.33. The molecule has 1 atom stereocenters. The second-order valence-corrected chi connectivity index (χ2v) is 3.99. The monoisotopic (exact) mass is 223 g/mol. The Balaban J connectivity index is 2.36. The molecule has 1 N–H and O–H groups in total. The van der Waals surface area contributed by atoms with Gasteiger partial charge in [0.2, 0.25) is 5.91 Å². The molecule has 88 valence electrons. The van der Waals surface area contributed by atoms with Crippen molar-refractivity contribution in [1.82, 2.24) is 4.90 Å². The predicted octanol–water partition coefficient (Wildman–Crippen LogP) is 1.26. The van der Waals surface area contributed by atoms with Gasteiger partial charge < -0.3 is 10.0 Å². The van der Waals surface area contributed by atoms with Gasteiger partial charge >= 0.3 is 5.97 Å². The van der Waals surface area contributed by atoms with Crippen LogP contribution in [0.15, 0.2) is 0 Å². The number of rotatable bonds is 5. The zero-order valence-electron chi connectivity index (χ0n) is 9.32. The molecule has 1 rings (SSSR count). The zero-order chi connectivity index (χ0) is 12.0. The molecule has 0 aromatic rings. The lowest BCUT2D eigenvalue weighted by molar-refractivity contribution is -0.148. The van der Waals surface area contributed by atoms with Crippen molar-refractivity contribution in [3.05, 3.63) is 0 Å². The standard InChI is InChI=1S/C12H17NO3/c1-2-3-4-5-8-11(14)13-9-6-7-10(13)12(15)16/h1,10H,3-9H2,(H,15,16)/t10-/m1/s1. The number of carboxylic acids is 1. The highest BCUT2D eigenvalue weighted by Crippen LogP contribution is 2.19. The Morgan fingerprint density at radius 2 is 2.19 bits per heavy atom. The van der Waals surface area contributed by atoms with E-state index < -0.39 is 12.0 Å². The topological polar surface area (TPSA) is 57.6 Å². The predicted molar refractivity (Wildman–Crippen MR) is 59.7 cm³/mol. The van der Waals surface area contributed by atoms with Crippen LogP contribution in [0.1, 0.15) is 38.5 Å². The molecule has 16 heavy (non-hydrogen) atoms. The largest absolute Gasteiger partial charge is 0.480 e. The van der Waals surface area contributed by atoms with Crippen molar-refractivity contribution in [3.8, 4) is 12.3 Å². The van der Waals surface area contributed by atoms with Crippen LogP contribution in [-0.2, 0) is 9.59 Å². The molecule has 0 bridgehead atoms. The first-order valence-electron chi connectivity index (χ1n) is 5.62. The summed E-state index contributed by atoms with van der Waals surface area (Å²) in [7, 11) is 0. The van der Waals surface area contributed by atoms with Gasteiger partial charge in [-0.2, -0.15) is 0 Å². The van der Waals surface area contributed by atoms with Crippen LogP contribution >= 0.6 is 0 Å². The summed E-state index contributed by atoms with van der Waals surface area (Å²) >= 11 is 0. The summed E-state index contributed by atoms with van der Waals surface area (Å²) < 4.78 is 0. The van der Waals surface area contributed by atoms with Crippen LogP contribution < -0.4 is 0 Å². The molecule has 0 aliphatic carbocycles. The Labute approximate surface area is 95.6 Å². The molecule has 0 aromatic heterocycles. The maximum Gasteiger partial charge on any atom is 0.326 e. The lowest BCUT2D eigenvalue weighted by Crippen LogP contribution is -2.40. The summed E-state index contributed by atoms with van der Waals surface area (Å²) in [6.45, 7) is 0.574.